The molecule has 8 nitrogen and oxygen atoms in total. The molecule has 0 amide bonds. The molecule has 9 heteroatoms. The molecule has 31 heavy (non-hydrogen) atoms. The van der Waals surface area contributed by atoms with Crippen molar-refractivity contribution in [2.24, 2.45) is 0 Å². The van der Waals surface area contributed by atoms with Crippen LogP contribution in [0.25, 0.3) is 22.8 Å². The summed E-state index contributed by atoms with van der Waals surface area (Å²) in [4.78, 5) is 8.94. The normalized spacial score (nSPS) is 13.4. The third-order valence-electron chi connectivity index (χ3n) is 4.72. The van der Waals surface area contributed by atoms with Crippen molar-refractivity contribution in [2.45, 2.75) is 0 Å². The zero-order valence-electron chi connectivity index (χ0n) is 16.4. The standard InChI is InChI=1S/C22H17FN6O2/c1-30-15-8-6-7-14(13-15)21-25-22(31-27-21)19-20(17-10-4-5-12-24-17)29(28-26-19)18-11-3-2-9-16(18)23/h2-13,26,28H,1H3. The maximum absolute atomic E-state index is 14.5. The predicted molar refractivity (Wildman–Crippen MR) is 112 cm³/mol. The van der Waals surface area contributed by atoms with Crippen LogP contribution < -0.4 is 20.7 Å². The van der Waals surface area contributed by atoms with Gasteiger partial charge in [0.25, 0.3) is 5.89 Å². The van der Waals surface area contributed by atoms with Gasteiger partial charge in [0.15, 0.2) is 0 Å². The molecule has 1 aliphatic rings. The molecule has 0 aliphatic carbocycles. The molecule has 0 fully saturated rings. The van der Waals surface area contributed by atoms with E-state index in [4.69, 9.17) is 9.26 Å². The number of hydrogen-bond donors (Lipinski definition) is 2. The van der Waals surface area contributed by atoms with Gasteiger partial charge in [-0.05, 0) is 36.4 Å². The van der Waals surface area contributed by atoms with Crippen molar-refractivity contribution >= 4 is 17.1 Å². The predicted octanol–water partition coefficient (Wildman–Crippen LogP) is 3.63. The fourth-order valence-corrected chi connectivity index (χ4v) is 3.26. The molecule has 2 N–H and O–H groups in total. The Morgan fingerprint density at radius 2 is 1.90 bits per heavy atom. The lowest BCUT2D eigenvalue weighted by Crippen LogP contribution is -2.38. The molecular weight excluding hydrogens is 399 g/mol. The van der Waals surface area contributed by atoms with Crippen molar-refractivity contribution < 1.29 is 13.7 Å². The molecule has 154 valence electrons. The summed E-state index contributed by atoms with van der Waals surface area (Å²) >= 11 is 0. The lowest BCUT2D eigenvalue weighted by molar-refractivity contribution is 0.404. The van der Waals surface area contributed by atoms with Gasteiger partial charge in [0.2, 0.25) is 5.82 Å². The number of nitrogens with one attached hydrogen (secondary N) is 2. The summed E-state index contributed by atoms with van der Waals surface area (Å²) in [5, 5.41) is 5.65. The molecule has 4 aromatic rings. The van der Waals surface area contributed by atoms with E-state index in [0.29, 0.717) is 34.3 Å². The van der Waals surface area contributed by atoms with Crippen molar-refractivity contribution in [3.05, 3.63) is 90.3 Å². The number of pyridine rings is 1. The first-order chi connectivity index (χ1) is 15.2. The first kappa shape index (κ1) is 18.8. The number of para-hydroxylation sites is 1. The summed E-state index contributed by atoms with van der Waals surface area (Å²) in [6.07, 6.45) is 1.66. The van der Waals surface area contributed by atoms with E-state index in [-0.39, 0.29) is 5.89 Å². The van der Waals surface area contributed by atoms with Gasteiger partial charge in [0.05, 0.1) is 18.5 Å². The summed E-state index contributed by atoms with van der Waals surface area (Å²) in [6, 6.07) is 19.3. The fraction of sp³-hybridized carbons (Fsp3) is 0.0455. The van der Waals surface area contributed by atoms with Crippen LogP contribution in [0, 0.1) is 5.82 Å². The van der Waals surface area contributed by atoms with Crippen molar-refractivity contribution in [3.63, 3.8) is 0 Å². The zero-order chi connectivity index (χ0) is 21.2. The number of ether oxygens (including phenoxy) is 1. The highest BCUT2D eigenvalue weighted by atomic mass is 19.1. The molecule has 0 atom stereocenters. The number of anilines is 1. The van der Waals surface area contributed by atoms with Gasteiger partial charge in [0, 0.05) is 11.8 Å². The van der Waals surface area contributed by atoms with Crippen LogP contribution in [-0.4, -0.2) is 22.2 Å². The molecule has 3 heterocycles. The van der Waals surface area contributed by atoms with Gasteiger partial charge in [0.1, 0.15) is 23.0 Å². The maximum atomic E-state index is 14.5. The average Bonchev–Trinajstić information content (AvgIpc) is 3.47. The van der Waals surface area contributed by atoms with E-state index in [1.807, 2.05) is 36.4 Å². The van der Waals surface area contributed by atoms with Gasteiger partial charge < -0.3 is 9.26 Å². The number of hydrazine groups is 2. The van der Waals surface area contributed by atoms with E-state index in [0.717, 1.165) is 5.56 Å². The highest BCUT2D eigenvalue weighted by Gasteiger charge is 2.31. The van der Waals surface area contributed by atoms with E-state index in [2.05, 4.69) is 26.1 Å². The van der Waals surface area contributed by atoms with Crippen molar-refractivity contribution in [1.82, 2.24) is 26.1 Å². The Labute approximate surface area is 176 Å². The van der Waals surface area contributed by atoms with Crippen LogP contribution in [0.5, 0.6) is 5.75 Å². The number of hydrogen-bond acceptors (Lipinski definition) is 8. The Morgan fingerprint density at radius 1 is 1.03 bits per heavy atom. The minimum absolute atomic E-state index is 0.227. The molecule has 0 spiro atoms. The van der Waals surface area contributed by atoms with Gasteiger partial charge in [-0.3, -0.25) is 15.4 Å². The third kappa shape index (κ3) is 3.47. The first-order valence-corrected chi connectivity index (χ1v) is 9.45. The van der Waals surface area contributed by atoms with Gasteiger partial charge in [-0.2, -0.15) is 4.98 Å². The molecule has 2 aromatic carbocycles. The van der Waals surface area contributed by atoms with E-state index >= 15 is 0 Å². The lowest BCUT2D eigenvalue weighted by atomic mass is 10.2. The average molecular weight is 416 g/mol. The largest absolute Gasteiger partial charge is 0.497 e. The molecule has 5 rings (SSSR count). The quantitative estimate of drug-likeness (QED) is 0.510. The van der Waals surface area contributed by atoms with Crippen LogP contribution in [0.2, 0.25) is 0 Å². The zero-order valence-corrected chi connectivity index (χ0v) is 16.4. The Hall–Kier alpha value is -4.24. The van der Waals surface area contributed by atoms with Crippen LogP contribution in [0.15, 0.2) is 77.4 Å². The Balaban J connectivity index is 1.61. The van der Waals surface area contributed by atoms with Crippen molar-refractivity contribution in [1.29, 1.82) is 0 Å². The second kappa shape index (κ2) is 7.88. The summed E-state index contributed by atoms with van der Waals surface area (Å²) < 4.78 is 25.3. The molecular formula is C22H17FN6O2. The molecule has 0 saturated heterocycles. The summed E-state index contributed by atoms with van der Waals surface area (Å²) in [6.45, 7) is 0. The SMILES string of the molecule is COc1cccc(-c2noc(C3=C(c4ccccn4)N(c4ccccc4F)NN3)n2)c1. The molecule has 0 unspecified atom stereocenters. The topological polar surface area (TPSA) is 88.3 Å². The van der Waals surface area contributed by atoms with E-state index in [1.165, 1.54) is 6.07 Å². The number of methoxy groups -OCH3 is 1. The van der Waals surface area contributed by atoms with Gasteiger partial charge in [-0.1, -0.05) is 35.5 Å². The number of halogens is 1. The summed E-state index contributed by atoms with van der Waals surface area (Å²) in [7, 11) is 1.59. The Kier molecular flexibility index (Phi) is 4.77. The second-order valence-corrected chi connectivity index (χ2v) is 6.62. The van der Waals surface area contributed by atoms with Gasteiger partial charge in [-0.15, -0.1) is 5.53 Å². The number of benzene rings is 2. The third-order valence-corrected chi connectivity index (χ3v) is 4.72. The first-order valence-electron chi connectivity index (χ1n) is 9.45. The highest BCUT2D eigenvalue weighted by molar-refractivity contribution is 5.95. The maximum Gasteiger partial charge on any atom is 0.278 e. The lowest BCUT2D eigenvalue weighted by Gasteiger charge is -2.21. The van der Waals surface area contributed by atoms with Crippen LogP contribution in [0.1, 0.15) is 11.6 Å². The van der Waals surface area contributed by atoms with Gasteiger partial charge in [-0.25, -0.2) is 4.39 Å². The van der Waals surface area contributed by atoms with E-state index in [9.17, 15) is 4.39 Å². The minimum Gasteiger partial charge on any atom is -0.497 e. The smallest absolute Gasteiger partial charge is 0.278 e. The van der Waals surface area contributed by atoms with Crippen LogP contribution >= 0.6 is 0 Å². The fourth-order valence-electron chi connectivity index (χ4n) is 3.26. The van der Waals surface area contributed by atoms with E-state index < -0.39 is 5.82 Å². The minimum atomic E-state index is -0.394. The molecule has 1 aliphatic heterocycles. The number of aromatic nitrogens is 3. The van der Waals surface area contributed by atoms with Crippen molar-refractivity contribution in [2.75, 3.05) is 12.1 Å². The molecule has 0 saturated carbocycles. The van der Waals surface area contributed by atoms with Crippen LogP contribution in [0.3, 0.4) is 0 Å². The van der Waals surface area contributed by atoms with Crippen LogP contribution in [-0.2, 0) is 0 Å². The molecule has 2 aromatic heterocycles. The molecule has 0 bridgehead atoms. The molecule has 0 radical (unpaired) electrons. The van der Waals surface area contributed by atoms with Crippen LogP contribution in [0.4, 0.5) is 10.1 Å². The van der Waals surface area contributed by atoms with Crippen molar-refractivity contribution in [3.8, 4) is 17.1 Å². The summed E-state index contributed by atoms with van der Waals surface area (Å²) in [5.74, 6) is 0.912. The number of nitrogens with zero attached hydrogens (tertiary/aromatic N) is 4. The second-order valence-electron chi connectivity index (χ2n) is 6.62. The van der Waals surface area contributed by atoms with E-state index in [1.54, 1.807) is 42.6 Å². The summed E-state index contributed by atoms with van der Waals surface area (Å²) in [5.41, 5.74) is 8.65. The highest BCUT2D eigenvalue weighted by Crippen LogP contribution is 2.34. The monoisotopic (exact) mass is 416 g/mol. The Bertz CT molecular complexity index is 1260. The Morgan fingerprint density at radius 3 is 2.71 bits per heavy atom. The number of rotatable bonds is 5. The van der Waals surface area contributed by atoms with Gasteiger partial charge >= 0.3 is 0 Å².